The third-order valence-electron chi connectivity index (χ3n) is 3.31. The number of aromatic nitrogens is 2. The maximum absolute atomic E-state index is 10.8. The van der Waals surface area contributed by atoms with E-state index in [1.807, 2.05) is 0 Å². The predicted molar refractivity (Wildman–Crippen MR) is 73.1 cm³/mol. The van der Waals surface area contributed by atoms with Gasteiger partial charge in [-0.05, 0) is 12.8 Å². The third-order valence-corrected chi connectivity index (χ3v) is 3.31. The second-order valence-electron chi connectivity index (χ2n) is 4.96. The Bertz CT molecular complexity index is 445. The Morgan fingerprint density at radius 3 is 2.50 bits per heavy atom. The highest BCUT2D eigenvalue weighted by Crippen LogP contribution is 2.19. The Labute approximate surface area is 117 Å². The zero-order chi connectivity index (χ0) is 14.5. The molecule has 0 radical (unpaired) electrons. The number of aliphatic hydroxyl groups is 2. The van der Waals surface area contributed by atoms with Crippen LogP contribution in [-0.4, -0.2) is 51.8 Å². The van der Waals surface area contributed by atoms with Crippen molar-refractivity contribution in [3.63, 3.8) is 0 Å². The van der Waals surface area contributed by atoms with Crippen molar-refractivity contribution in [2.75, 3.05) is 24.5 Å². The number of rotatable bonds is 5. The van der Waals surface area contributed by atoms with Crippen molar-refractivity contribution in [2.45, 2.75) is 32.0 Å². The fourth-order valence-corrected chi connectivity index (χ4v) is 2.15. The van der Waals surface area contributed by atoms with E-state index in [0.717, 1.165) is 25.9 Å². The molecule has 7 nitrogen and oxygen atoms in total. The van der Waals surface area contributed by atoms with Gasteiger partial charge < -0.3 is 20.4 Å². The van der Waals surface area contributed by atoms with Crippen LogP contribution in [0.15, 0.2) is 12.4 Å². The SMILES string of the molecule is CC(=O)NCC(O)C(O)c1cnc(N2CCCC2)nc1. The summed E-state index contributed by atoms with van der Waals surface area (Å²) in [5.74, 6) is 0.395. The Balaban J connectivity index is 1.95. The largest absolute Gasteiger partial charge is 0.388 e. The topological polar surface area (TPSA) is 98.6 Å². The molecule has 1 aliphatic heterocycles. The fourth-order valence-electron chi connectivity index (χ4n) is 2.15. The highest BCUT2D eigenvalue weighted by molar-refractivity contribution is 5.72. The van der Waals surface area contributed by atoms with E-state index >= 15 is 0 Å². The zero-order valence-corrected chi connectivity index (χ0v) is 11.5. The van der Waals surface area contributed by atoms with E-state index in [4.69, 9.17) is 0 Å². The molecule has 0 aliphatic carbocycles. The normalized spacial score (nSPS) is 17.9. The van der Waals surface area contributed by atoms with Crippen molar-refractivity contribution in [3.05, 3.63) is 18.0 Å². The monoisotopic (exact) mass is 280 g/mol. The van der Waals surface area contributed by atoms with Gasteiger partial charge in [0, 0.05) is 44.5 Å². The lowest BCUT2D eigenvalue weighted by Crippen LogP contribution is -2.34. The summed E-state index contributed by atoms with van der Waals surface area (Å²) in [6.07, 6.45) is 3.12. The number of nitrogens with zero attached hydrogens (tertiary/aromatic N) is 3. The van der Waals surface area contributed by atoms with Crippen molar-refractivity contribution in [3.8, 4) is 0 Å². The Hall–Kier alpha value is -1.73. The standard InChI is InChI=1S/C13H20N4O3/c1-9(18)14-8-11(19)12(20)10-6-15-13(16-7-10)17-4-2-3-5-17/h6-7,11-12,19-20H,2-5,8H2,1H3,(H,14,18). The second kappa shape index (κ2) is 6.62. The third kappa shape index (κ3) is 3.64. The van der Waals surface area contributed by atoms with E-state index in [0.29, 0.717) is 11.5 Å². The summed E-state index contributed by atoms with van der Waals surface area (Å²) < 4.78 is 0. The lowest BCUT2D eigenvalue weighted by molar-refractivity contribution is -0.119. The van der Waals surface area contributed by atoms with Gasteiger partial charge in [0.15, 0.2) is 0 Å². The van der Waals surface area contributed by atoms with E-state index < -0.39 is 12.2 Å². The predicted octanol–water partition coefficient (Wildman–Crippen LogP) is -0.393. The maximum atomic E-state index is 10.8. The van der Waals surface area contributed by atoms with Gasteiger partial charge in [-0.2, -0.15) is 0 Å². The first-order valence-corrected chi connectivity index (χ1v) is 6.75. The number of nitrogens with one attached hydrogen (secondary N) is 1. The average Bonchev–Trinajstić information content (AvgIpc) is 2.98. The Morgan fingerprint density at radius 2 is 1.95 bits per heavy atom. The molecule has 0 spiro atoms. The number of carbonyl (C=O) groups is 1. The molecule has 1 aliphatic rings. The van der Waals surface area contributed by atoms with E-state index in [2.05, 4.69) is 20.2 Å². The van der Waals surface area contributed by atoms with Crippen LogP contribution < -0.4 is 10.2 Å². The molecule has 0 bridgehead atoms. The molecule has 2 rings (SSSR count). The van der Waals surface area contributed by atoms with Gasteiger partial charge in [-0.3, -0.25) is 4.79 Å². The van der Waals surface area contributed by atoms with Gasteiger partial charge in [0.2, 0.25) is 11.9 Å². The van der Waals surface area contributed by atoms with Gasteiger partial charge in [0.1, 0.15) is 12.2 Å². The van der Waals surface area contributed by atoms with E-state index in [1.165, 1.54) is 19.3 Å². The lowest BCUT2D eigenvalue weighted by Gasteiger charge is -2.19. The number of hydrogen-bond acceptors (Lipinski definition) is 6. The minimum Gasteiger partial charge on any atom is -0.388 e. The Morgan fingerprint density at radius 1 is 1.35 bits per heavy atom. The quantitative estimate of drug-likeness (QED) is 0.679. The number of anilines is 1. The molecule has 1 aromatic heterocycles. The molecule has 0 saturated carbocycles. The molecule has 2 atom stereocenters. The van der Waals surface area contributed by atoms with Crippen LogP contribution in [0.1, 0.15) is 31.4 Å². The first kappa shape index (κ1) is 14.7. The van der Waals surface area contributed by atoms with Crippen molar-refractivity contribution in [1.29, 1.82) is 0 Å². The molecule has 2 heterocycles. The molecule has 0 aromatic carbocycles. The van der Waals surface area contributed by atoms with Gasteiger partial charge in [-0.15, -0.1) is 0 Å². The number of aliphatic hydroxyl groups excluding tert-OH is 2. The molecule has 3 N–H and O–H groups in total. The fraction of sp³-hybridized carbons (Fsp3) is 0.615. The van der Waals surface area contributed by atoms with Crippen LogP contribution in [0.4, 0.5) is 5.95 Å². The summed E-state index contributed by atoms with van der Waals surface area (Å²) in [5.41, 5.74) is 0.436. The molecule has 7 heteroatoms. The van der Waals surface area contributed by atoms with Crippen LogP contribution in [0, 0.1) is 0 Å². The summed E-state index contributed by atoms with van der Waals surface area (Å²) >= 11 is 0. The van der Waals surface area contributed by atoms with Crippen molar-refractivity contribution < 1.29 is 15.0 Å². The van der Waals surface area contributed by atoms with Gasteiger partial charge in [0.05, 0.1) is 0 Å². The summed E-state index contributed by atoms with van der Waals surface area (Å²) in [5, 5.41) is 22.2. The number of carbonyl (C=O) groups excluding carboxylic acids is 1. The van der Waals surface area contributed by atoms with Crippen LogP contribution in [-0.2, 0) is 4.79 Å². The smallest absolute Gasteiger partial charge is 0.225 e. The van der Waals surface area contributed by atoms with Crippen molar-refractivity contribution >= 4 is 11.9 Å². The van der Waals surface area contributed by atoms with Crippen LogP contribution in [0.25, 0.3) is 0 Å². The molecule has 20 heavy (non-hydrogen) atoms. The molecule has 1 saturated heterocycles. The molecule has 1 fully saturated rings. The Kier molecular flexibility index (Phi) is 4.86. The summed E-state index contributed by atoms with van der Waals surface area (Å²) in [6.45, 7) is 3.25. The van der Waals surface area contributed by atoms with E-state index in [1.54, 1.807) is 0 Å². The second-order valence-corrected chi connectivity index (χ2v) is 4.96. The number of amides is 1. The van der Waals surface area contributed by atoms with Gasteiger partial charge in [-0.25, -0.2) is 9.97 Å². The summed E-state index contributed by atoms with van der Waals surface area (Å²) in [6, 6.07) is 0. The molecule has 2 unspecified atom stereocenters. The summed E-state index contributed by atoms with van der Waals surface area (Å²) in [7, 11) is 0. The van der Waals surface area contributed by atoms with Gasteiger partial charge in [0.25, 0.3) is 0 Å². The minimum atomic E-state index is -1.12. The molecular weight excluding hydrogens is 260 g/mol. The highest BCUT2D eigenvalue weighted by atomic mass is 16.3. The average molecular weight is 280 g/mol. The highest BCUT2D eigenvalue weighted by Gasteiger charge is 2.20. The van der Waals surface area contributed by atoms with E-state index in [9.17, 15) is 15.0 Å². The van der Waals surface area contributed by atoms with E-state index in [-0.39, 0.29) is 12.5 Å². The maximum Gasteiger partial charge on any atom is 0.225 e. The van der Waals surface area contributed by atoms with Crippen LogP contribution in [0.2, 0.25) is 0 Å². The first-order chi connectivity index (χ1) is 9.58. The van der Waals surface area contributed by atoms with Crippen LogP contribution >= 0.6 is 0 Å². The number of hydrogen-bond donors (Lipinski definition) is 3. The summed E-state index contributed by atoms with van der Waals surface area (Å²) in [4.78, 5) is 21.3. The molecule has 1 aromatic rings. The van der Waals surface area contributed by atoms with Crippen LogP contribution in [0.5, 0.6) is 0 Å². The van der Waals surface area contributed by atoms with Crippen molar-refractivity contribution in [2.24, 2.45) is 0 Å². The zero-order valence-electron chi connectivity index (χ0n) is 11.5. The molecule has 1 amide bonds. The van der Waals surface area contributed by atoms with Gasteiger partial charge in [-0.1, -0.05) is 0 Å². The van der Waals surface area contributed by atoms with Crippen LogP contribution in [0.3, 0.4) is 0 Å². The van der Waals surface area contributed by atoms with Crippen molar-refractivity contribution in [1.82, 2.24) is 15.3 Å². The van der Waals surface area contributed by atoms with Gasteiger partial charge >= 0.3 is 0 Å². The minimum absolute atomic E-state index is 0.00955. The first-order valence-electron chi connectivity index (χ1n) is 6.75. The lowest BCUT2D eigenvalue weighted by atomic mass is 10.1. The molecular formula is C13H20N4O3. The molecule has 110 valence electrons.